The van der Waals surface area contributed by atoms with Gasteiger partial charge >= 0.3 is 0 Å². The van der Waals surface area contributed by atoms with E-state index >= 15 is 0 Å². The van der Waals surface area contributed by atoms with Crippen molar-refractivity contribution in [2.75, 3.05) is 29.0 Å². The molecule has 0 spiro atoms. The van der Waals surface area contributed by atoms with Crippen molar-refractivity contribution in [3.8, 4) is 0 Å². The number of nitrogen functional groups attached to an aromatic ring is 1. The lowest BCUT2D eigenvalue weighted by molar-refractivity contribution is 0.102. The average molecular weight is 351 g/mol. The fraction of sp³-hybridized carbons (Fsp3) is 0.250. The number of rotatable bonds is 3. The molecule has 7 heteroatoms. The molecule has 3 N–H and O–H groups in total. The van der Waals surface area contributed by atoms with Crippen LogP contribution >= 0.6 is 23.2 Å². The predicted octanol–water partition coefficient (Wildman–Crippen LogP) is 3.82. The molecule has 2 aromatic rings. The van der Waals surface area contributed by atoms with Gasteiger partial charge in [0.1, 0.15) is 5.82 Å². The van der Waals surface area contributed by atoms with Crippen LogP contribution in [0.25, 0.3) is 0 Å². The first-order valence-electron chi connectivity index (χ1n) is 7.32. The normalized spacial score (nSPS) is 14.1. The Labute approximate surface area is 144 Å². The zero-order valence-electron chi connectivity index (χ0n) is 12.4. The Kier molecular flexibility index (Phi) is 4.59. The van der Waals surface area contributed by atoms with Crippen molar-refractivity contribution in [3.05, 3.63) is 46.1 Å². The topological polar surface area (TPSA) is 71.2 Å². The Morgan fingerprint density at radius 2 is 1.87 bits per heavy atom. The zero-order chi connectivity index (χ0) is 16.4. The highest BCUT2D eigenvalue weighted by Gasteiger charge is 2.20. The number of amides is 1. The summed E-state index contributed by atoms with van der Waals surface area (Å²) in [5.74, 6) is 0.451. The molecule has 2 heterocycles. The molecule has 1 amide bonds. The smallest absolute Gasteiger partial charge is 0.259 e. The van der Waals surface area contributed by atoms with Gasteiger partial charge in [0.15, 0.2) is 0 Å². The van der Waals surface area contributed by atoms with Gasteiger partial charge in [-0.05, 0) is 37.1 Å². The van der Waals surface area contributed by atoms with E-state index in [4.69, 9.17) is 28.9 Å². The van der Waals surface area contributed by atoms with Crippen LogP contribution in [-0.2, 0) is 0 Å². The summed E-state index contributed by atoms with van der Waals surface area (Å²) in [7, 11) is 0. The van der Waals surface area contributed by atoms with Gasteiger partial charge in [-0.25, -0.2) is 4.98 Å². The van der Waals surface area contributed by atoms with Gasteiger partial charge in [-0.3, -0.25) is 4.79 Å². The lowest BCUT2D eigenvalue weighted by Crippen LogP contribution is -2.24. The molecule has 5 nitrogen and oxygen atoms in total. The van der Waals surface area contributed by atoms with Gasteiger partial charge < -0.3 is 16.0 Å². The van der Waals surface area contributed by atoms with Gasteiger partial charge in [0.2, 0.25) is 0 Å². The minimum atomic E-state index is -0.253. The van der Waals surface area contributed by atoms with Crippen LogP contribution in [0.15, 0.2) is 30.5 Å². The molecule has 0 bridgehead atoms. The van der Waals surface area contributed by atoms with E-state index in [1.807, 2.05) is 0 Å². The molecule has 120 valence electrons. The lowest BCUT2D eigenvalue weighted by atomic mass is 10.2. The minimum absolute atomic E-state index is 0.253. The maximum absolute atomic E-state index is 12.6. The highest BCUT2D eigenvalue weighted by molar-refractivity contribution is 6.39. The number of hydrogen-bond acceptors (Lipinski definition) is 4. The number of carbonyl (C=O) groups excluding carboxylic acids is 1. The van der Waals surface area contributed by atoms with Gasteiger partial charge in [-0.15, -0.1) is 0 Å². The number of nitrogens with one attached hydrogen (secondary N) is 1. The maximum Gasteiger partial charge on any atom is 0.259 e. The van der Waals surface area contributed by atoms with Crippen LogP contribution in [0.1, 0.15) is 23.2 Å². The van der Waals surface area contributed by atoms with Gasteiger partial charge in [0.25, 0.3) is 5.91 Å². The maximum atomic E-state index is 12.6. The summed E-state index contributed by atoms with van der Waals surface area (Å²) in [6, 6.07) is 6.66. The second-order valence-electron chi connectivity index (χ2n) is 5.38. The highest BCUT2D eigenvalue weighted by atomic mass is 35.5. The van der Waals surface area contributed by atoms with Gasteiger partial charge in [-0.2, -0.15) is 0 Å². The lowest BCUT2D eigenvalue weighted by Gasteiger charge is -2.19. The van der Waals surface area contributed by atoms with Crippen molar-refractivity contribution >= 4 is 46.3 Å². The van der Waals surface area contributed by atoms with E-state index in [0.29, 0.717) is 32.8 Å². The monoisotopic (exact) mass is 350 g/mol. The summed E-state index contributed by atoms with van der Waals surface area (Å²) >= 11 is 12.0. The van der Waals surface area contributed by atoms with Crippen LogP contribution in [0, 0.1) is 0 Å². The Balaban J connectivity index is 1.86. The molecule has 23 heavy (non-hydrogen) atoms. The van der Waals surface area contributed by atoms with Crippen molar-refractivity contribution in [3.63, 3.8) is 0 Å². The van der Waals surface area contributed by atoms with Gasteiger partial charge in [-0.1, -0.05) is 23.2 Å². The van der Waals surface area contributed by atoms with E-state index < -0.39 is 0 Å². The van der Waals surface area contributed by atoms with Crippen molar-refractivity contribution in [1.29, 1.82) is 0 Å². The summed E-state index contributed by atoms with van der Waals surface area (Å²) in [5, 5.41) is 3.41. The Bertz CT molecular complexity index is 722. The molecule has 1 aromatic heterocycles. The predicted molar refractivity (Wildman–Crippen MR) is 94.5 cm³/mol. The Hall–Kier alpha value is -1.98. The molecule has 0 aliphatic carbocycles. The number of benzene rings is 1. The van der Waals surface area contributed by atoms with E-state index in [1.165, 1.54) is 0 Å². The number of carbonyl (C=O) groups is 1. The van der Waals surface area contributed by atoms with Crippen LogP contribution < -0.4 is 16.0 Å². The van der Waals surface area contributed by atoms with Crippen LogP contribution in [0.4, 0.5) is 17.2 Å². The SMILES string of the molecule is Nc1c(Cl)cc(NC(=O)c2cccnc2N2CCCC2)cc1Cl. The van der Waals surface area contributed by atoms with Gasteiger partial charge in [0.05, 0.1) is 21.3 Å². The molecule has 0 unspecified atom stereocenters. The summed E-state index contributed by atoms with van der Waals surface area (Å²) < 4.78 is 0. The highest BCUT2D eigenvalue weighted by Crippen LogP contribution is 2.31. The number of nitrogens with two attached hydrogens (primary N) is 1. The quantitative estimate of drug-likeness (QED) is 0.825. The fourth-order valence-electron chi connectivity index (χ4n) is 2.61. The third-order valence-corrected chi connectivity index (χ3v) is 4.40. The standard InChI is InChI=1S/C16H16Cl2N4O/c17-12-8-10(9-13(18)14(12)19)21-16(23)11-4-3-5-20-15(11)22-6-1-2-7-22/h3-5,8-9H,1-2,6-7,19H2,(H,21,23). The molecule has 1 fully saturated rings. The van der Waals surface area contributed by atoms with E-state index in [0.717, 1.165) is 25.9 Å². The number of aromatic nitrogens is 1. The first kappa shape index (κ1) is 15.9. The first-order valence-corrected chi connectivity index (χ1v) is 8.07. The largest absolute Gasteiger partial charge is 0.396 e. The number of pyridine rings is 1. The number of anilines is 3. The molecule has 1 aliphatic rings. The van der Waals surface area contributed by atoms with Gasteiger partial charge in [0, 0.05) is 25.0 Å². The van der Waals surface area contributed by atoms with Crippen molar-refractivity contribution in [2.45, 2.75) is 12.8 Å². The van der Waals surface area contributed by atoms with Crippen LogP contribution in [0.3, 0.4) is 0 Å². The summed E-state index contributed by atoms with van der Waals surface area (Å²) in [5.41, 5.74) is 7.03. The molecule has 0 saturated carbocycles. The Morgan fingerprint density at radius 1 is 1.22 bits per heavy atom. The summed E-state index contributed by atoms with van der Waals surface area (Å²) in [6.45, 7) is 1.83. The summed E-state index contributed by atoms with van der Waals surface area (Å²) in [4.78, 5) is 19.1. The molecule has 3 rings (SSSR count). The van der Waals surface area contributed by atoms with E-state index in [-0.39, 0.29) is 5.91 Å². The number of halogens is 2. The molecule has 0 atom stereocenters. The van der Waals surface area contributed by atoms with Crippen LogP contribution in [0.5, 0.6) is 0 Å². The first-order chi connectivity index (χ1) is 11.1. The fourth-order valence-corrected chi connectivity index (χ4v) is 3.10. The molecule has 0 radical (unpaired) electrons. The zero-order valence-corrected chi connectivity index (χ0v) is 13.9. The molecule has 1 saturated heterocycles. The third kappa shape index (κ3) is 3.35. The third-order valence-electron chi connectivity index (χ3n) is 3.77. The molecular formula is C16H16Cl2N4O. The van der Waals surface area contributed by atoms with Crippen LogP contribution in [-0.4, -0.2) is 24.0 Å². The van der Waals surface area contributed by atoms with E-state index in [1.54, 1.807) is 30.5 Å². The molecule has 1 aliphatic heterocycles. The van der Waals surface area contributed by atoms with Crippen molar-refractivity contribution in [1.82, 2.24) is 4.98 Å². The summed E-state index contributed by atoms with van der Waals surface area (Å²) in [6.07, 6.45) is 3.92. The van der Waals surface area contributed by atoms with Crippen molar-refractivity contribution in [2.24, 2.45) is 0 Å². The van der Waals surface area contributed by atoms with E-state index in [2.05, 4.69) is 15.2 Å². The number of hydrogen-bond donors (Lipinski definition) is 2. The van der Waals surface area contributed by atoms with Crippen molar-refractivity contribution < 1.29 is 4.79 Å². The van der Waals surface area contributed by atoms with E-state index in [9.17, 15) is 4.79 Å². The molecule has 1 aromatic carbocycles. The van der Waals surface area contributed by atoms with Crippen LogP contribution in [0.2, 0.25) is 10.0 Å². The minimum Gasteiger partial charge on any atom is -0.396 e. The Morgan fingerprint density at radius 3 is 2.52 bits per heavy atom. The second kappa shape index (κ2) is 6.64. The molecular weight excluding hydrogens is 335 g/mol. The average Bonchev–Trinajstić information content (AvgIpc) is 3.07. The second-order valence-corrected chi connectivity index (χ2v) is 6.19. The number of nitrogens with zero attached hydrogens (tertiary/aromatic N) is 2.